The van der Waals surface area contributed by atoms with Crippen molar-refractivity contribution in [2.45, 2.75) is 6.10 Å². The average Bonchev–Trinajstić information content (AvgIpc) is 2.32. The summed E-state index contributed by atoms with van der Waals surface area (Å²) in [4.78, 5) is 13.7. The zero-order valence-electron chi connectivity index (χ0n) is 9.78. The molecule has 1 rings (SSSR count). The van der Waals surface area contributed by atoms with Crippen molar-refractivity contribution in [3.05, 3.63) is 0 Å². The van der Waals surface area contributed by atoms with Gasteiger partial charge in [-0.15, -0.1) is 0 Å². The van der Waals surface area contributed by atoms with Crippen LogP contribution in [-0.2, 0) is 14.3 Å². The molecule has 0 saturated carbocycles. The monoisotopic (exact) mass is 231 g/mol. The highest BCUT2D eigenvalue weighted by Crippen LogP contribution is 1.95. The van der Waals surface area contributed by atoms with Crippen molar-refractivity contribution < 1.29 is 14.3 Å². The largest absolute Gasteiger partial charge is 0.379 e. The molecule has 1 amide bonds. The van der Waals surface area contributed by atoms with Crippen LogP contribution in [0.3, 0.4) is 0 Å². The van der Waals surface area contributed by atoms with E-state index in [1.54, 1.807) is 0 Å². The number of morpholine rings is 1. The molecule has 1 unspecified atom stereocenters. The SMILES string of the molecule is COC(CN)C(=O)NCCN1CCOCC1. The third kappa shape index (κ3) is 4.44. The number of carbonyl (C=O) groups excluding carboxylic acids is 1. The molecule has 0 radical (unpaired) electrons. The van der Waals surface area contributed by atoms with Gasteiger partial charge < -0.3 is 20.5 Å². The van der Waals surface area contributed by atoms with Gasteiger partial charge in [-0.3, -0.25) is 9.69 Å². The molecule has 1 aliphatic rings. The molecule has 1 heterocycles. The summed E-state index contributed by atoms with van der Waals surface area (Å²) in [6, 6.07) is 0. The molecule has 1 fully saturated rings. The summed E-state index contributed by atoms with van der Waals surface area (Å²) < 4.78 is 10.2. The molecule has 0 spiro atoms. The van der Waals surface area contributed by atoms with E-state index in [9.17, 15) is 4.79 Å². The standard InChI is InChI=1S/C10H21N3O3/c1-15-9(8-11)10(14)12-2-3-13-4-6-16-7-5-13/h9H,2-8,11H2,1H3,(H,12,14). The number of nitrogens with zero attached hydrogens (tertiary/aromatic N) is 1. The first-order valence-electron chi connectivity index (χ1n) is 5.58. The molecule has 1 saturated heterocycles. The second-order valence-corrected chi connectivity index (χ2v) is 3.71. The summed E-state index contributed by atoms with van der Waals surface area (Å²) >= 11 is 0. The second-order valence-electron chi connectivity index (χ2n) is 3.71. The Morgan fingerprint density at radius 1 is 1.56 bits per heavy atom. The Morgan fingerprint density at radius 3 is 2.81 bits per heavy atom. The van der Waals surface area contributed by atoms with Gasteiger partial charge in [0.05, 0.1) is 13.2 Å². The minimum Gasteiger partial charge on any atom is -0.379 e. The maximum absolute atomic E-state index is 11.5. The average molecular weight is 231 g/mol. The number of carbonyl (C=O) groups is 1. The lowest BCUT2D eigenvalue weighted by atomic mass is 10.3. The van der Waals surface area contributed by atoms with E-state index in [4.69, 9.17) is 15.2 Å². The van der Waals surface area contributed by atoms with E-state index in [0.717, 1.165) is 32.8 Å². The summed E-state index contributed by atoms with van der Waals surface area (Å²) in [5.41, 5.74) is 5.39. The third-order valence-electron chi connectivity index (χ3n) is 2.62. The highest BCUT2D eigenvalue weighted by Gasteiger charge is 2.15. The van der Waals surface area contributed by atoms with Gasteiger partial charge in [-0.25, -0.2) is 0 Å². The van der Waals surface area contributed by atoms with Gasteiger partial charge in [0.25, 0.3) is 0 Å². The van der Waals surface area contributed by atoms with Crippen molar-refractivity contribution in [2.75, 3.05) is 53.0 Å². The molecule has 6 nitrogen and oxygen atoms in total. The smallest absolute Gasteiger partial charge is 0.250 e. The molecule has 0 aromatic heterocycles. The van der Waals surface area contributed by atoms with E-state index in [2.05, 4.69) is 10.2 Å². The van der Waals surface area contributed by atoms with Crippen LogP contribution < -0.4 is 11.1 Å². The molecular formula is C10H21N3O3. The normalized spacial score (nSPS) is 19.4. The lowest BCUT2D eigenvalue weighted by molar-refractivity contribution is -0.130. The number of rotatable bonds is 6. The zero-order chi connectivity index (χ0) is 11.8. The van der Waals surface area contributed by atoms with Crippen molar-refractivity contribution in [2.24, 2.45) is 5.73 Å². The molecule has 1 aliphatic heterocycles. The van der Waals surface area contributed by atoms with Crippen LogP contribution in [0.25, 0.3) is 0 Å². The maximum Gasteiger partial charge on any atom is 0.250 e. The fraction of sp³-hybridized carbons (Fsp3) is 0.900. The van der Waals surface area contributed by atoms with Crippen molar-refractivity contribution in [1.82, 2.24) is 10.2 Å². The highest BCUT2D eigenvalue weighted by molar-refractivity contribution is 5.80. The predicted octanol–water partition coefficient (Wildman–Crippen LogP) is -1.59. The van der Waals surface area contributed by atoms with Crippen molar-refractivity contribution in [3.8, 4) is 0 Å². The number of methoxy groups -OCH3 is 1. The first-order valence-corrected chi connectivity index (χ1v) is 5.58. The van der Waals surface area contributed by atoms with E-state index in [-0.39, 0.29) is 12.5 Å². The molecule has 1 atom stereocenters. The molecule has 6 heteroatoms. The second kappa shape index (κ2) is 7.56. The van der Waals surface area contributed by atoms with Crippen molar-refractivity contribution in [3.63, 3.8) is 0 Å². The van der Waals surface area contributed by atoms with Crippen LogP contribution >= 0.6 is 0 Å². The minimum atomic E-state index is -0.537. The van der Waals surface area contributed by atoms with Gasteiger partial charge in [0.2, 0.25) is 5.91 Å². The molecule has 0 aliphatic carbocycles. The Morgan fingerprint density at radius 2 is 2.25 bits per heavy atom. The van der Waals surface area contributed by atoms with Gasteiger partial charge in [0, 0.05) is 39.8 Å². The van der Waals surface area contributed by atoms with E-state index in [0.29, 0.717) is 6.54 Å². The Kier molecular flexibility index (Phi) is 6.32. The predicted molar refractivity (Wildman–Crippen MR) is 60.1 cm³/mol. The highest BCUT2D eigenvalue weighted by atomic mass is 16.5. The minimum absolute atomic E-state index is 0.141. The van der Waals surface area contributed by atoms with E-state index >= 15 is 0 Å². The van der Waals surface area contributed by atoms with Crippen LogP contribution in [0.2, 0.25) is 0 Å². The molecule has 0 aromatic carbocycles. The summed E-state index contributed by atoms with van der Waals surface area (Å²) in [6.45, 7) is 5.09. The zero-order valence-corrected chi connectivity index (χ0v) is 9.78. The Bertz CT molecular complexity index is 203. The first kappa shape index (κ1) is 13.4. The van der Waals surface area contributed by atoms with Crippen molar-refractivity contribution in [1.29, 1.82) is 0 Å². The first-order chi connectivity index (χ1) is 7.77. The van der Waals surface area contributed by atoms with Gasteiger partial charge >= 0.3 is 0 Å². The molecule has 3 N–H and O–H groups in total. The number of hydrogen-bond acceptors (Lipinski definition) is 5. The van der Waals surface area contributed by atoms with Gasteiger partial charge in [-0.05, 0) is 0 Å². The van der Waals surface area contributed by atoms with Crippen LogP contribution in [0.4, 0.5) is 0 Å². The number of nitrogens with one attached hydrogen (secondary N) is 1. The number of nitrogens with two attached hydrogens (primary N) is 1. The number of amides is 1. The van der Waals surface area contributed by atoms with Gasteiger partial charge in [0.15, 0.2) is 0 Å². The molecule has 16 heavy (non-hydrogen) atoms. The quantitative estimate of drug-likeness (QED) is 0.576. The number of hydrogen-bond donors (Lipinski definition) is 2. The molecule has 94 valence electrons. The fourth-order valence-electron chi connectivity index (χ4n) is 1.59. The van der Waals surface area contributed by atoms with E-state index < -0.39 is 6.10 Å². The van der Waals surface area contributed by atoms with Crippen LogP contribution in [-0.4, -0.2) is 70.0 Å². The van der Waals surface area contributed by atoms with Crippen LogP contribution in [0, 0.1) is 0 Å². The number of ether oxygens (including phenoxy) is 2. The van der Waals surface area contributed by atoms with Crippen LogP contribution in [0.5, 0.6) is 0 Å². The summed E-state index contributed by atoms with van der Waals surface area (Å²) in [7, 11) is 1.49. The Balaban J connectivity index is 2.11. The summed E-state index contributed by atoms with van der Waals surface area (Å²) in [5, 5.41) is 2.81. The van der Waals surface area contributed by atoms with Crippen LogP contribution in [0.15, 0.2) is 0 Å². The van der Waals surface area contributed by atoms with E-state index in [1.165, 1.54) is 7.11 Å². The fourth-order valence-corrected chi connectivity index (χ4v) is 1.59. The van der Waals surface area contributed by atoms with Gasteiger partial charge in [-0.2, -0.15) is 0 Å². The topological polar surface area (TPSA) is 76.8 Å². The summed E-state index contributed by atoms with van der Waals surface area (Å²) in [6.07, 6.45) is -0.537. The molecule has 0 bridgehead atoms. The van der Waals surface area contributed by atoms with Gasteiger partial charge in [0.1, 0.15) is 6.10 Å². The lowest BCUT2D eigenvalue weighted by Gasteiger charge is -2.26. The van der Waals surface area contributed by atoms with Gasteiger partial charge in [-0.1, -0.05) is 0 Å². The van der Waals surface area contributed by atoms with Crippen LogP contribution in [0.1, 0.15) is 0 Å². The maximum atomic E-state index is 11.5. The van der Waals surface area contributed by atoms with E-state index in [1.807, 2.05) is 0 Å². The molecule has 0 aromatic rings. The Hall–Kier alpha value is -0.690. The third-order valence-corrected chi connectivity index (χ3v) is 2.62. The lowest BCUT2D eigenvalue weighted by Crippen LogP contribution is -2.45. The Labute approximate surface area is 96.1 Å². The van der Waals surface area contributed by atoms with Crippen molar-refractivity contribution >= 4 is 5.91 Å². The summed E-state index contributed by atoms with van der Waals surface area (Å²) in [5.74, 6) is -0.141. The molecular weight excluding hydrogens is 210 g/mol.